The zero-order chi connectivity index (χ0) is 18.4. The summed E-state index contributed by atoms with van der Waals surface area (Å²) in [4.78, 5) is 9.91. The largest absolute Gasteiger partial charge is 0.252 e. The minimum absolute atomic E-state index is 0.489. The highest BCUT2D eigenvalue weighted by Crippen LogP contribution is 2.34. The summed E-state index contributed by atoms with van der Waals surface area (Å²) in [6.07, 6.45) is 1.91. The van der Waals surface area contributed by atoms with Crippen molar-refractivity contribution in [3.8, 4) is 11.3 Å². The predicted molar refractivity (Wildman–Crippen MR) is 114 cm³/mol. The van der Waals surface area contributed by atoms with Gasteiger partial charge >= 0.3 is 0 Å². The van der Waals surface area contributed by atoms with Gasteiger partial charge in [0.15, 0.2) is 0 Å². The van der Waals surface area contributed by atoms with Crippen LogP contribution in [0, 0.1) is 0 Å². The van der Waals surface area contributed by atoms with Gasteiger partial charge in [-0.1, -0.05) is 80.6 Å². The van der Waals surface area contributed by atoms with E-state index in [1.807, 2.05) is 6.20 Å². The number of fused-ring (bicyclic) bond motifs is 6. The fourth-order valence-corrected chi connectivity index (χ4v) is 3.82. The molecule has 0 saturated carbocycles. The fraction of sp³-hybridized carbons (Fsp3) is 0.120. The van der Waals surface area contributed by atoms with Crippen LogP contribution in [0.2, 0.25) is 0 Å². The second kappa shape index (κ2) is 6.17. The first kappa shape index (κ1) is 16.0. The van der Waals surface area contributed by atoms with Gasteiger partial charge in [-0.2, -0.15) is 0 Å². The van der Waals surface area contributed by atoms with Gasteiger partial charge in [-0.3, -0.25) is 4.98 Å². The van der Waals surface area contributed by atoms with E-state index in [1.165, 1.54) is 16.3 Å². The highest BCUT2D eigenvalue weighted by molar-refractivity contribution is 6.23. The lowest BCUT2D eigenvalue weighted by molar-refractivity contribution is 0.867. The lowest BCUT2D eigenvalue weighted by Crippen LogP contribution is -1.93. The van der Waals surface area contributed by atoms with Gasteiger partial charge in [0.05, 0.1) is 22.9 Å². The summed E-state index contributed by atoms with van der Waals surface area (Å²) in [6.45, 7) is 4.43. The van der Waals surface area contributed by atoms with Crippen molar-refractivity contribution < 1.29 is 0 Å². The lowest BCUT2D eigenvalue weighted by Gasteiger charge is -2.11. The molecule has 27 heavy (non-hydrogen) atoms. The van der Waals surface area contributed by atoms with Crippen LogP contribution < -0.4 is 0 Å². The van der Waals surface area contributed by atoms with Crippen LogP contribution in [0.25, 0.3) is 43.8 Å². The Morgan fingerprint density at radius 2 is 1.30 bits per heavy atom. The molecule has 130 valence electrons. The molecule has 0 radical (unpaired) electrons. The molecule has 0 saturated heterocycles. The minimum atomic E-state index is 0.489. The molecule has 0 amide bonds. The molecular weight excluding hydrogens is 328 g/mol. The second-order valence-corrected chi connectivity index (χ2v) is 7.32. The zero-order valence-electron chi connectivity index (χ0n) is 15.5. The maximum atomic E-state index is 5.06. The summed E-state index contributed by atoms with van der Waals surface area (Å²) in [7, 11) is 0. The van der Waals surface area contributed by atoms with E-state index in [9.17, 15) is 0 Å². The van der Waals surface area contributed by atoms with Crippen molar-refractivity contribution in [2.75, 3.05) is 0 Å². The average molecular weight is 348 g/mol. The Bertz CT molecular complexity index is 1270. The molecule has 0 spiro atoms. The minimum Gasteiger partial charge on any atom is -0.252 e. The van der Waals surface area contributed by atoms with Crippen LogP contribution in [-0.4, -0.2) is 9.97 Å². The topological polar surface area (TPSA) is 25.8 Å². The highest BCUT2D eigenvalue weighted by Gasteiger charge is 2.12. The molecule has 4 aromatic carbocycles. The molecule has 0 aliphatic rings. The lowest BCUT2D eigenvalue weighted by atomic mass is 9.98. The second-order valence-electron chi connectivity index (χ2n) is 7.32. The normalized spacial score (nSPS) is 11.7. The van der Waals surface area contributed by atoms with Crippen molar-refractivity contribution in [1.29, 1.82) is 0 Å². The van der Waals surface area contributed by atoms with Crippen molar-refractivity contribution in [3.63, 3.8) is 0 Å². The van der Waals surface area contributed by atoms with E-state index >= 15 is 0 Å². The Morgan fingerprint density at radius 3 is 1.96 bits per heavy atom. The standard InChI is InChI=1S/C25H20N2/c1-16(2)17-8-7-9-18(14-17)23-15-26-24-21-12-5-3-10-19(21)20-11-4-6-13-22(20)25(24)27-23/h3-16H,1-2H3. The monoisotopic (exact) mass is 348 g/mol. The van der Waals surface area contributed by atoms with Crippen molar-refractivity contribution in [2.24, 2.45) is 0 Å². The van der Waals surface area contributed by atoms with Crippen LogP contribution in [0.1, 0.15) is 25.3 Å². The van der Waals surface area contributed by atoms with Gasteiger partial charge < -0.3 is 0 Å². The van der Waals surface area contributed by atoms with E-state index in [2.05, 4.69) is 86.6 Å². The van der Waals surface area contributed by atoms with Gasteiger partial charge in [0, 0.05) is 16.3 Å². The Kier molecular flexibility index (Phi) is 3.64. The molecule has 0 N–H and O–H groups in total. The van der Waals surface area contributed by atoms with Crippen molar-refractivity contribution in [1.82, 2.24) is 9.97 Å². The maximum absolute atomic E-state index is 5.06. The number of hydrogen-bond donors (Lipinski definition) is 0. The third-order valence-electron chi connectivity index (χ3n) is 5.28. The summed E-state index contributed by atoms with van der Waals surface area (Å²) in [5, 5.41) is 4.76. The van der Waals surface area contributed by atoms with Gasteiger partial charge in [-0.15, -0.1) is 0 Å². The number of benzene rings is 4. The van der Waals surface area contributed by atoms with Crippen LogP contribution in [0.3, 0.4) is 0 Å². The summed E-state index contributed by atoms with van der Waals surface area (Å²) in [5.41, 5.74) is 5.29. The van der Waals surface area contributed by atoms with Crippen molar-refractivity contribution in [3.05, 3.63) is 84.6 Å². The van der Waals surface area contributed by atoms with Gasteiger partial charge in [0.1, 0.15) is 0 Å². The number of aromatic nitrogens is 2. The van der Waals surface area contributed by atoms with Crippen molar-refractivity contribution in [2.45, 2.75) is 19.8 Å². The molecule has 0 bridgehead atoms. The van der Waals surface area contributed by atoms with Crippen LogP contribution >= 0.6 is 0 Å². The van der Waals surface area contributed by atoms with Crippen molar-refractivity contribution >= 4 is 32.6 Å². The Hall–Kier alpha value is -3.26. The van der Waals surface area contributed by atoms with Crippen LogP contribution in [0.4, 0.5) is 0 Å². The zero-order valence-corrected chi connectivity index (χ0v) is 15.5. The molecule has 2 nitrogen and oxygen atoms in total. The number of hydrogen-bond acceptors (Lipinski definition) is 2. The summed E-state index contributed by atoms with van der Waals surface area (Å²) >= 11 is 0. The summed E-state index contributed by atoms with van der Waals surface area (Å²) in [5.74, 6) is 0.489. The molecule has 0 atom stereocenters. The molecule has 0 fully saturated rings. The van der Waals surface area contributed by atoms with E-state index in [0.717, 1.165) is 33.1 Å². The first-order valence-corrected chi connectivity index (χ1v) is 9.39. The molecule has 0 aliphatic heterocycles. The summed E-state index contributed by atoms with van der Waals surface area (Å²) in [6, 6.07) is 25.6. The van der Waals surface area contributed by atoms with E-state index in [4.69, 9.17) is 9.97 Å². The Balaban J connectivity index is 1.85. The Morgan fingerprint density at radius 1 is 0.667 bits per heavy atom. The third-order valence-corrected chi connectivity index (χ3v) is 5.28. The first-order valence-electron chi connectivity index (χ1n) is 9.39. The van der Waals surface area contributed by atoms with Crippen LogP contribution in [-0.2, 0) is 0 Å². The molecule has 2 heteroatoms. The first-order chi connectivity index (χ1) is 13.2. The Labute approximate surface area is 158 Å². The van der Waals surface area contributed by atoms with E-state index in [-0.39, 0.29) is 0 Å². The van der Waals surface area contributed by atoms with E-state index in [1.54, 1.807) is 0 Å². The smallest absolute Gasteiger partial charge is 0.0979 e. The number of rotatable bonds is 2. The SMILES string of the molecule is CC(C)c1cccc(-c2cnc3c4ccccc4c4ccccc4c3n2)c1. The molecule has 0 unspecified atom stereocenters. The molecule has 0 aliphatic carbocycles. The molecule has 5 rings (SSSR count). The quantitative estimate of drug-likeness (QED) is 0.331. The van der Waals surface area contributed by atoms with E-state index in [0.29, 0.717) is 5.92 Å². The molecule has 5 aromatic rings. The average Bonchev–Trinajstić information content (AvgIpc) is 2.73. The predicted octanol–water partition coefficient (Wildman–Crippen LogP) is 6.73. The van der Waals surface area contributed by atoms with E-state index < -0.39 is 0 Å². The van der Waals surface area contributed by atoms with Crippen LogP contribution in [0.5, 0.6) is 0 Å². The van der Waals surface area contributed by atoms with Gasteiger partial charge in [-0.25, -0.2) is 4.98 Å². The third kappa shape index (κ3) is 2.57. The van der Waals surface area contributed by atoms with Crippen LogP contribution in [0.15, 0.2) is 79.0 Å². The van der Waals surface area contributed by atoms with Gasteiger partial charge in [-0.05, 0) is 28.3 Å². The fourth-order valence-electron chi connectivity index (χ4n) is 3.82. The van der Waals surface area contributed by atoms with Gasteiger partial charge in [0.25, 0.3) is 0 Å². The van der Waals surface area contributed by atoms with Gasteiger partial charge in [0.2, 0.25) is 0 Å². The number of nitrogens with zero attached hydrogens (tertiary/aromatic N) is 2. The highest BCUT2D eigenvalue weighted by atomic mass is 14.8. The summed E-state index contributed by atoms with van der Waals surface area (Å²) < 4.78 is 0. The maximum Gasteiger partial charge on any atom is 0.0979 e. The molecular formula is C25H20N2. The molecule has 1 heterocycles. The molecule has 1 aromatic heterocycles.